The van der Waals surface area contributed by atoms with Gasteiger partial charge in [0.15, 0.2) is 0 Å². The van der Waals surface area contributed by atoms with E-state index in [1.54, 1.807) is 0 Å². The highest BCUT2D eigenvalue weighted by Gasteiger charge is 2.31. The molecule has 1 saturated heterocycles. The van der Waals surface area contributed by atoms with Crippen LogP contribution in [0.3, 0.4) is 0 Å². The van der Waals surface area contributed by atoms with Gasteiger partial charge in [-0.1, -0.05) is 11.6 Å². The molecule has 0 bridgehead atoms. The van der Waals surface area contributed by atoms with Crippen LogP contribution in [0.15, 0.2) is 18.2 Å². The lowest BCUT2D eigenvalue weighted by molar-refractivity contribution is -0.138. The van der Waals surface area contributed by atoms with Gasteiger partial charge < -0.3 is 14.7 Å². The van der Waals surface area contributed by atoms with Crippen LogP contribution in [0.5, 0.6) is 5.75 Å². The number of rotatable bonds is 3. The molecule has 1 fully saturated rings. The Bertz CT molecular complexity index is 544. The van der Waals surface area contributed by atoms with Gasteiger partial charge in [0.2, 0.25) is 5.91 Å². The lowest BCUT2D eigenvalue weighted by Gasteiger charge is -2.37. The molecule has 2 aliphatic rings. The van der Waals surface area contributed by atoms with E-state index in [2.05, 4.69) is 4.90 Å². The highest BCUT2D eigenvalue weighted by molar-refractivity contribution is 6.30. The Hall–Kier alpha value is -1.30. The Morgan fingerprint density at radius 3 is 2.82 bits per heavy atom. The number of fused-ring (bicyclic) bond motifs is 1. The van der Waals surface area contributed by atoms with E-state index in [4.69, 9.17) is 21.4 Å². The largest absolute Gasteiger partial charge is 0.492 e. The minimum atomic E-state index is -0.129. The van der Waals surface area contributed by atoms with Gasteiger partial charge in [0, 0.05) is 37.7 Å². The third-order valence-corrected chi connectivity index (χ3v) is 4.61. The predicted octanol–water partition coefficient (Wildman–Crippen LogP) is 1.03. The molecular formula is C16H21ClN2O3. The number of aliphatic hydroxyl groups is 1. The average molecular weight is 325 g/mol. The van der Waals surface area contributed by atoms with E-state index in [0.717, 1.165) is 37.5 Å². The second-order valence-electron chi connectivity index (χ2n) is 5.85. The van der Waals surface area contributed by atoms with E-state index in [1.807, 2.05) is 23.1 Å². The van der Waals surface area contributed by atoms with Crippen molar-refractivity contribution in [2.45, 2.75) is 6.42 Å². The number of ether oxygens (including phenoxy) is 1. The van der Waals surface area contributed by atoms with Crippen molar-refractivity contribution in [3.05, 3.63) is 28.8 Å². The third-order valence-electron chi connectivity index (χ3n) is 4.38. The Balaban J connectivity index is 1.60. The fourth-order valence-electron chi connectivity index (χ4n) is 3.11. The van der Waals surface area contributed by atoms with Crippen molar-refractivity contribution in [1.29, 1.82) is 0 Å². The monoisotopic (exact) mass is 324 g/mol. The molecule has 6 heteroatoms. The summed E-state index contributed by atoms with van der Waals surface area (Å²) in [5.74, 6) is 0.867. The summed E-state index contributed by atoms with van der Waals surface area (Å²) in [5.41, 5.74) is 1.01. The Labute approximate surface area is 135 Å². The van der Waals surface area contributed by atoms with Crippen molar-refractivity contribution in [1.82, 2.24) is 9.80 Å². The molecule has 0 saturated carbocycles. The molecule has 3 rings (SSSR count). The maximum absolute atomic E-state index is 12.7. The van der Waals surface area contributed by atoms with E-state index >= 15 is 0 Å². The van der Waals surface area contributed by atoms with Crippen molar-refractivity contribution in [3.63, 3.8) is 0 Å². The zero-order valence-electron chi connectivity index (χ0n) is 12.5. The number of hydrogen-bond acceptors (Lipinski definition) is 4. The van der Waals surface area contributed by atoms with Crippen molar-refractivity contribution < 1.29 is 14.6 Å². The van der Waals surface area contributed by atoms with Crippen LogP contribution < -0.4 is 4.74 Å². The number of amides is 1. The molecule has 0 aliphatic carbocycles. The van der Waals surface area contributed by atoms with Gasteiger partial charge >= 0.3 is 0 Å². The van der Waals surface area contributed by atoms with Gasteiger partial charge in [-0.05, 0) is 30.2 Å². The fraction of sp³-hybridized carbons (Fsp3) is 0.562. The van der Waals surface area contributed by atoms with Crippen LogP contribution in [-0.2, 0) is 11.2 Å². The quantitative estimate of drug-likeness (QED) is 0.902. The molecule has 0 radical (unpaired) electrons. The number of carbonyl (C=O) groups is 1. The van der Waals surface area contributed by atoms with E-state index in [-0.39, 0.29) is 18.4 Å². The van der Waals surface area contributed by atoms with Crippen LogP contribution in [0.25, 0.3) is 0 Å². The van der Waals surface area contributed by atoms with Crippen molar-refractivity contribution in [3.8, 4) is 5.75 Å². The molecule has 1 amide bonds. The number of aliphatic hydroxyl groups excluding tert-OH is 1. The summed E-state index contributed by atoms with van der Waals surface area (Å²) in [6.45, 7) is 4.37. The molecule has 120 valence electrons. The summed E-state index contributed by atoms with van der Waals surface area (Å²) >= 11 is 6.02. The first-order valence-electron chi connectivity index (χ1n) is 7.70. The van der Waals surface area contributed by atoms with Crippen LogP contribution in [0, 0.1) is 5.92 Å². The lowest BCUT2D eigenvalue weighted by Crippen LogP contribution is -2.52. The Kier molecular flexibility index (Phi) is 4.86. The Morgan fingerprint density at radius 1 is 1.32 bits per heavy atom. The summed E-state index contributed by atoms with van der Waals surface area (Å²) in [5, 5.41) is 9.64. The van der Waals surface area contributed by atoms with E-state index in [9.17, 15) is 4.79 Å². The number of hydrogen-bond donors (Lipinski definition) is 1. The van der Waals surface area contributed by atoms with E-state index < -0.39 is 0 Å². The zero-order valence-corrected chi connectivity index (χ0v) is 13.3. The number of nitrogens with zero attached hydrogens (tertiary/aromatic N) is 2. The maximum Gasteiger partial charge on any atom is 0.229 e. The van der Waals surface area contributed by atoms with Crippen LogP contribution >= 0.6 is 11.6 Å². The second kappa shape index (κ2) is 6.86. The molecule has 0 unspecified atom stereocenters. The topological polar surface area (TPSA) is 53.0 Å². The lowest BCUT2D eigenvalue weighted by atomic mass is 9.95. The first-order chi connectivity index (χ1) is 10.7. The zero-order chi connectivity index (χ0) is 15.5. The highest BCUT2D eigenvalue weighted by atomic mass is 35.5. The van der Waals surface area contributed by atoms with Gasteiger partial charge in [0.05, 0.1) is 12.5 Å². The SMILES string of the molecule is O=C([C@@H]1COc2ccc(Cl)cc2C1)N1CCN(CCO)CC1. The van der Waals surface area contributed by atoms with Gasteiger partial charge in [-0.15, -0.1) is 0 Å². The molecule has 1 N–H and O–H groups in total. The molecule has 2 heterocycles. The van der Waals surface area contributed by atoms with Crippen LogP contribution in [0.4, 0.5) is 0 Å². The van der Waals surface area contributed by atoms with E-state index in [0.29, 0.717) is 24.6 Å². The molecule has 1 aromatic rings. The molecular weight excluding hydrogens is 304 g/mol. The summed E-state index contributed by atoms with van der Waals surface area (Å²) in [6.07, 6.45) is 0.686. The average Bonchev–Trinajstić information content (AvgIpc) is 2.54. The van der Waals surface area contributed by atoms with Crippen LogP contribution in [-0.4, -0.2) is 66.8 Å². The van der Waals surface area contributed by atoms with Gasteiger partial charge in [-0.3, -0.25) is 9.69 Å². The third kappa shape index (κ3) is 3.37. The summed E-state index contributed by atoms with van der Waals surface area (Å²) < 4.78 is 5.71. The molecule has 0 spiro atoms. The minimum absolute atomic E-state index is 0.129. The van der Waals surface area contributed by atoms with Crippen molar-refractivity contribution in [2.75, 3.05) is 45.9 Å². The number of piperazine rings is 1. The molecule has 5 nitrogen and oxygen atoms in total. The van der Waals surface area contributed by atoms with Gasteiger partial charge in [0.25, 0.3) is 0 Å². The smallest absolute Gasteiger partial charge is 0.229 e. The number of benzene rings is 1. The van der Waals surface area contributed by atoms with E-state index in [1.165, 1.54) is 0 Å². The van der Waals surface area contributed by atoms with Crippen LogP contribution in [0.2, 0.25) is 5.02 Å². The molecule has 0 aromatic heterocycles. The number of carbonyl (C=O) groups excluding carboxylic acids is 1. The standard InChI is InChI=1S/C16H21ClN2O3/c17-14-1-2-15-12(10-14)9-13(11-22-15)16(21)19-5-3-18(4-6-19)7-8-20/h1-2,10,13,20H,3-9,11H2/t13-/m0/s1. The fourth-order valence-corrected chi connectivity index (χ4v) is 3.31. The second-order valence-corrected chi connectivity index (χ2v) is 6.29. The molecule has 22 heavy (non-hydrogen) atoms. The van der Waals surface area contributed by atoms with Gasteiger partial charge in [-0.2, -0.15) is 0 Å². The Morgan fingerprint density at radius 2 is 2.09 bits per heavy atom. The number of β-amino-alcohol motifs (C(OH)–C–C–N with tert-alkyl or cyclic N) is 1. The normalized spacial score (nSPS) is 22.1. The van der Waals surface area contributed by atoms with Gasteiger partial charge in [0.1, 0.15) is 12.4 Å². The summed E-state index contributed by atoms with van der Waals surface area (Å²) in [7, 11) is 0. The summed E-state index contributed by atoms with van der Waals surface area (Å²) in [4.78, 5) is 16.7. The first-order valence-corrected chi connectivity index (χ1v) is 8.08. The van der Waals surface area contributed by atoms with Gasteiger partial charge in [-0.25, -0.2) is 0 Å². The minimum Gasteiger partial charge on any atom is -0.492 e. The number of halogens is 1. The first kappa shape index (κ1) is 15.6. The van der Waals surface area contributed by atoms with Crippen LogP contribution in [0.1, 0.15) is 5.56 Å². The van der Waals surface area contributed by atoms with Crippen molar-refractivity contribution >= 4 is 17.5 Å². The predicted molar refractivity (Wildman–Crippen MR) is 84.2 cm³/mol. The maximum atomic E-state index is 12.7. The summed E-state index contributed by atoms with van der Waals surface area (Å²) in [6, 6.07) is 5.56. The molecule has 2 aliphatic heterocycles. The van der Waals surface area contributed by atoms with Crippen molar-refractivity contribution in [2.24, 2.45) is 5.92 Å². The molecule has 1 aromatic carbocycles. The molecule has 1 atom stereocenters. The highest BCUT2D eigenvalue weighted by Crippen LogP contribution is 2.30.